The van der Waals surface area contributed by atoms with Crippen LogP contribution in [0.25, 0.3) is 11.3 Å². The van der Waals surface area contributed by atoms with E-state index in [0.717, 1.165) is 5.56 Å². The topological polar surface area (TPSA) is 123 Å². The van der Waals surface area contributed by atoms with Gasteiger partial charge in [-0.2, -0.15) is 0 Å². The number of anilines is 1. The van der Waals surface area contributed by atoms with Crippen molar-refractivity contribution in [2.75, 3.05) is 5.32 Å². The number of benzene rings is 2. The van der Waals surface area contributed by atoms with Crippen LogP contribution in [0.5, 0.6) is 0 Å². The van der Waals surface area contributed by atoms with Gasteiger partial charge in [0.05, 0.1) is 16.0 Å². The second-order valence-corrected chi connectivity index (χ2v) is 11.6. The summed E-state index contributed by atoms with van der Waals surface area (Å²) in [5.41, 5.74) is 0.814. The number of non-ortho nitro benzene ring substituents is 1. The molecule has 10 heteroatoms. The summed E-state index contributed by atoms with van der Waals surface area (Å²) in [4.78, 5) is 57.4. The summed E-state index contributed by atoms with van der Waals surface area (Å²) >= 11 is 1.20. The van der Waals surface area contributed by atoms with Crippen LogP contribution in [0.4, 0.5) is 10.8 Å². The maximum atomic E-state index is 13.8. The van der Waals surface area contributed by atoms with Crippen molar-refractivity contribution in [3.05, 3.63) is 75.7 Å². The zero-order valence-electron chi connectivity index (χ0n) is 21.3. The molecule has 2 heterocycles. The number of hydrogen-bond acceptors (Lipinski definition) is 7. The van der Waals surface area contributed by atoms with Gasteiger partial charge in [-0.15, -0.1) is 11.3 Å². The van der Waals surface area contributed by atoms with Crippen LogP contribution >= 0.6 is 11.3 Å². The van der Waals surface area contributed by atoms with E-state index in [1.807, 2.05) is 51.1 Å². The number of likely N-dealkylation sites (tertiary alicyclic amines) is 1. The van der Waals surface area contributed by atoms with Crippen LogP contribution in [0.2, 0.25) is 0 Å². The second-order valence-electron chi connectivity index (χ2n) is 10.7. The number of nitrogens with zero attached hydrogens (tertiary/aromatic N) is 3. The molecule has 1 saturated carbocycles. The molecule has 3 aromatic rings. The molecule has 3 amide bonds. The van der Waals surface area contributed by atoms with E-state index in [0.29, 0.717) is 29.2 Å². The molecule has 0 spiro atoms. The Morgan fingerprint density at radius 2 is 1.84 bits per heavy atom. The molecule has 1 aliphatic carbocycles. The van der Waals surface area contributed by atoms with Crippen molar-refractivity contribution in [2.45, 2.75) is 46.1 Å². The number of thiazole rings is 1. The molecule has 1 aliphatic heterocycles. The molecular formula is C28H28N4O5S. The number of fused-ring (bicyclic) bond motifs is 2. The van der Waals surface area contributed by atoms with Gasteiger partial charge >= 0.3 is 0 Å². The molecule has 2 aliphatic rings. The Labute approximate surface area is 224 Å². The van der Waals surface area contributed by atoms with Crippen molar-refractivity contribution in [2.24, 2.45) is 16.7 Å². The second kappa shape index (κ2) is 9.43. The minimum Gasteiger partial charge on any atom is -0.300 e. The summed E-state index contributed by atoms with van der Waals surface area (Å²) in [7, 11) is 0. The molecular weight excluding hydrogens is 504 g/mol. The minimum absolute atomic E-state index is 0.0250. The Morgan fingerprint density at radius 3 is 2.50 bits per heavy atom. The summed E-state index contributed by atoms with van der Waals surface area (Å²) < 4.78 is 0. The molecule has 2 fully saturated rings. The summed E-state index contributed by atoms with van der Waals surface area (Å²) in [5.74, 6) is -1.41. The molecule has 3 unspecified atom stereocenters. The first kappa shape index (κ1) is 25.7. The fourth-order valence-corrected chi connectivity index (χ4v) is 6.41. The number of carbonyl (C=O) groups excluding carboxylic acids is 3. The lowest BCUT2D eigenvalue weighted by atomic mass is 9.62. The van der Waals surface area contributed by atoms with E-state index >= 15 is 0 Å². The van der Waals surface area contributed by atoms with E-state index in [4.69, 9.17) is 0 Å². The van der Waals surface area contributed by atoms with Crippen molar-refractivity contribution in [3.8, 4) is 11.3 Å². The first-order valence-corrected chi connectivity index (χ1v) is 13.3. The number of hydrogen-bond donors (Lipinski definition) is 1. The van der Waals surface area contributed by atoms with Crippen molar-refractivity contribution in [1.29, 1.82) is 0 Å². The van der Waals surface area contributed by atoms with Gasteiger partial charge < -0.3 is 5.32 Å². The highest BCUT2D eigenvalue weighted by atomic mass is 32.1. The number of nitro groups is 1. The minimum atomic E-state index is -1.03. The number of imide groups is 1. The Hall–Kier alpha value is -3.92. The van der Waals surface area contributed by atoms with Crippen LogP contribution in [-0.2, 0) is 20.8 Å². The van der Waals surface area contributed by atoms with Gasteiger partial charge in [0.15, 0.2) is 5.13 Å². The number of aromatic nitrogens is 1. The smallest absolute Gasteiger partial charge is 0.269 e. The van der Waals surface area contributed by atoms with Gasteiger partial charge in [0.25, 0.3) is 5.69 Å². The normalized spacial score (nSPS) is 22.8. The van der Waals surface area contributed by atoms with E-state index < -0.39 is 27.7 Å². The number of amides is 3. The Bertz CT molecular complexity index is 1420. The van der Waals surface area contributed by atoms with E-state index in [1.54, 1.807) is 17.5 Å². The zero-order valence-corrected chi connectivity index (χ0v) is 22.2. The Kier molecular flexibility index (Phi) is 6.38. The van der Waals surface area contributed by atoms with Gasteiger partial charge in [-0.25, -0.2) is 4.98 Å². The van der Waals surface area contributed by atoms with Crippen LogP contribution in [0, 0.1) is 26.9 Å². The lowest BCUT2D eigenvalue weighted by Gasteiger charge is -2.49. The van der Waals surface area contributed by atoms with Crippen molar-refractivity contribution < 1.29 is 19.3 Å². The third-order valence-corrected chi connectivity index (χ3v) is 9.20. The van der Waals surface area contributed by atoms with Crippen LogP contribution in [0.1, 0.15) is 39.2 Å². The summed E-state index contributed by atoms with van der Waals surface area (Å²) in [6, 6.07) is 14.3. The van der Waals surface area contributed by atoms with Crippen molar-refractivity contribution >= 4 is 39.9 Å². The van der Waals surface area contributed by atoms with Crippen molar-refractivity contribution in [3.63, 3.8) is 0 Å². The molecule has 2 aromatic carbocycles. The molecule has 38 heavy (non-hydrogen) atoms. The quantitative estimate of drug-likeness (QED) is 0.257. The molecule has 1 aromatic heterocycles. The molecule has 196 valence electrons. The molecule has 0 radical (unpaired) electrons. The summed E-state index contributed by atoms with van der Waals surface area (Å²) in [5, 5.41) is 15.8. The standard InChI is InChI=1S/C28H28N4O5S/c1-27(2)20-13-14-28(27,3)25(35)31(24(20)34)22(15-17-7-5-4-6-8-17)23(33)30-26-29-21(16-38-26)18-9-11-19(12-10-18)32(36)37/h4-12,16,20,22H,13-15H2,1-3H3,(H,29,30,33). The first-order valence-electron chi connectivity index (χ1n) is 12.5. The van der Waals surface area contributed by atoms with Crippen molar-refractivity contribution in [1.82, 2.24) is 9.88 Å². The zero-order chi connectivity index (χ0) is 27.2. The van der Waals surface area contributed by atoms with E-state index in [1.165, 1.54) is 28.4 Å². The summed E-state index contributed by atoms with van der Waals surface area (Å²) in [6.07, 6.45) is 1.42. The third kappa shape index (κ3) is 4.18. The Morgan fingerprint density at radius 1 is 1.16 bits per heavy atom. The summed E-state index contributed by atoms with van der Waals surface area (Å²) in [6.45, 7) is 5.85. The molecule has 2 bridgehead atoms. The highest BCUT2D eigenvalue weighted by Crippen LogP contribution is 2.60. The predicted molar refractivity (Wildman–Crippen MR) is 143 cm³/mol. The average Bonchev–Trinajstić information content (AvgIpc) is 3.42. The van der Waals surface area contributed by atoms with Crippen LogP contribution < -0.4 is 5.32 Å². The van der Waals surface area contributed by atoms with Gasteiger partial charge in [0, 0.05) is 35.4 Å². The molecule has 3 atom stereocenters. The third-order valence-electron chi connectivity index (χ3n) is 8.45. The molecule has 5 rings (SSSR count). The highest BCUT2D eigenvalue weighted by molar-refractivity contribution is 7.14. The number of piperidine rings is 1. The number of carbonyl (C=O) groups is 3. The average molecular weight is 533 g/mol. The lowest BCUT2D eigenvalue weighted by Crippen LogP contribution is -2.64. The first-order chi connectivity index (χ1) is 18.0. The van der Waals surface area contributed by atoms with Crippen LogP contribution in [0.3, 0.4) is 0 Å². The van der Waals surface area contributed by atoms with Gasteiger partial charge in [-0.3, -0.25) is 29.4 Å². The SMILES string of the molecule is CC12CCC(C(=O)N(C(Cc3ccccc3)C(=O)Nc3nc(-c4ccc([N+](=O)[O-])cc4)cs3)C1=O)C2(C)C. The number of rotatable bonds is 7. The van der Waals surface area contributed by atoms with Gasteiger partial charge in [-0.1, -0.05) is 51.1 Å². The largest absolute Gasteiger partial charge is 0.300 e. The molecule has 1 N–H and O–H groups in total. The molecule has 9 nitrogen and oxygen atoms in total. The predicted octanol–water partition coefficient (Wildman–Crippen LogP) is 5.08. The maximum absolute atomic E-state index is 13.8. The Balaban J connectivity index is 1.43. The van der Waals surface area contributed by atoms with Gasteiger partial charge in [0.2, 0.25) is 17.7 Å². The fraction of sp³-hybridized carbons (Fsp3) is 0.357. The van der Waals surface area contributed by atoms with E-state index in [-0.39, 0.29) is 29.8 Å². The van der Waals surface area contributed by atoms with Crippen LogP contribution in [-0.4, -0.2) is 38.6 Å². The van der Waals surface area contributed by atoms with Gasteiger partial charge in [-0.05, 0) is 36.0 Å². The van der Waals surface area contributed by atoms with Gasteiger partial charge in [0.1, 0.15) is 6.04 Å². The fourth-order valence-electron chi connectivity index (χ4n) is 5.69. The van der Waals surface area contributed by atoms with Crippen LogP contribution in [0.15, 0.2) is 60.0 Å². The lowest BCUT2D eigenvalue weighted by molar-refractivity contribution is -0.384. The number of nitro benzene ring substituents is 1. The van der Waals surface area contributed by atoms with E-state index in [9.17, 15) is 24.5 Å². The number of nitrogens with one attached hydrogen (secondary N) is 1. The molecule has 1 saturated heterocycles. The highest BCUT2D eigenvalue weighted by Gasteiger charge is 2.65. The van der Waals surface area contributed by atoms with E-state index in [2.05, 4.69) is 10.3 Å². The monoisotopic (exact) mass is 532 g/mol. The maximum Gasteiger partial charge on any atom is 0.269 e.